The summed E-state index contributed by atoms with van der Waals surface area (Å²) in [5, 5.41) is 2.93. The van der Waals surface area contributed by atoms with E-state index in [1.807, 2.05) is 49.3 Å². The lowest BCUT2D eigenvalue weighted by Gasteiger charge is -2.28. The van der Waals surface area contributed by atoms with Gasteiger partial charge in [-0.15, -0.1) is 12.4 Å². The molecule has 0 aliphatic carbocycles. The molecule has 0 saturated carbocycles. The van der Waals surface area contributed by atoms with E-state index in [9.17, 15) is 9.59 Å². The number of benzene rings is 1. The van der Waals surface area contributed by atoms with Gasteiger partial charge in [0.15, 0.2) is 0 Å². The van der Waals surface area contributed by atoms with Crippen LogP contribution in [-0.4, -0.2) is 40.3 Å². The standard InChI is InChI=1S/C18H27N3O2S.ClH/c1-18(2,24-3)16(19)17(23)20-11-13-7-4-5-8-14(13)12-21-10-6-9-15(21)22;/h4-5,7-8,16H,6,9-12,19H2,1-3H3,(H,20,23);1H/t16-;/m1./s1. The summed E-state index contributed by atoms with van der Waals surface area (Å²) in [4.78, 5) is 26.0. The van der Waals surface area contributed by atoms with Crippen LogP contribution >= 0.6 is 24.2 Å². The van der Waals surface area contributed by atoms with E-state index in [0.29, 0.717) is 19.5 Å². The van der Waals surface area contributed by atoms with E-state index in [2.05, 4.69) is 5.32 Å². The third kappa shape index (κ3) is 5.62. The van der Waals surface area contributed by atoms with Gasteiger partial charge in [-0.05, 0) is 37.7 Å². The molecule has 0 unspecified atom stereocenters. The zero-order chi connectivity index (χ0) is 17.7. The Kier molecular flexibility index (Phi) is 8.25. The number of nitrogens with two attached hydrogens (primary N) is 1. The second-order valence-electron chi connectivity index (χ2n) is 6.69. The van der Waals surface area contributed by atoms with Crippen molar-refractivity contribution in [1.82, 2.24) is 10.2 Å². The normalized spacial score (nSPS) is 15.7. The highest BCUT2D eigenvalue weighted by molar-refractivity contribution is 8.00. The van der Waals surface area contributed by atoms with Gasteiger partial charge in [0.1, 0.15) is 0 Å². The predicted octanol–water partition coefficient (Wildman–Crippen LogP) is 2.32. The minimum absolute atomic E-state index is 0. The Bertz CT molecular complexity index is 610. The number of amides is 2. The molecule has 7 heteroatoms. The van der Waals surface area contributed by atoms with E-state index in [-0.39, 0.29) is 29.0 Å². The molecule has 1 aromatic carbocycles. The van der Waals surface area contributed by atoms with Gasteiger partial charge >= 0.3 is 0 Å². The summed E-state index contributed by atoms with van der Waals surface area (Å²) in [6.45, 7) is 5.78. The van der Waals surface area contributed by atoms with Crippen LogP contribution < -0.4 is 11.1 Å². The third-order valence-corrected chi connectivity index (χ3v) is 5.97. The fourth-order valence-corrected chi connectivity index (χ4v) is 3.06. The molecule has 0 bridgehead atoms. The fraction of sp³-hybridized carbons (Fsp3) is 0.556. The summed E-state index contributed by atoms with van der Waals surface area (Å²) >= 11 is 1.58. The number of likely N-dealkylation sites (tertiary alicyclic amines) is 1. The largest absolute Gasteiger partial charge is 0.351 e. The second-order valence-corrected chi connectivity index (χ2v) is 8.15. The molecule has 1 atom stereocenters. The topological polar surface area (TPSA) is 75.4 Å². The maximum absolute atomic E-state index is 12.3. The molecule has 140 valence electrons. The summed E-state index contributed by atoms with van der Waals surface area (Å²) in [6.07, 6.45) is 3.52. The molecule has 0 aromatic heterocycles. The van der Waals surface area contributed by atoms with Crippen molar-refractivity contribution in [2.75, 3.05) is 12.8 Å². The molecule has 0 radical (unpaired) electrons. The molecule has 1 heterocycles. The van der Waals surface area contributed by atoms with Crippen molar-refractivity contribution in [3.05, 3.63) is 35.4 Å². The number of hydrogen-bond donors (Lipinski definition) is 2. The Morgan fingerprint density at radius 3 is 2.56 bits per heavy atom. The second kappa shape index (κ2) is 9.46. The summed E-state index contributed by atoms with van der Waals surface area (Å²) in [5.74, 6) is 0.0546. The lowest BCUT2D eigenvalue weighted by Crippen LogP contribution is -2.51. The van der Waals surface area contributed by atoms with Gasteiger partial charge in [-0.1, -0.05) is 24.3 Å². The first-order valence-corrected chi connectivity index (χ1v) is 9.50. The van der Waals surface area contributed by atoms with E-state index in [1.54, 1.807) is 11.8 Å². The third-order valence-electron chi connectivity index (χ3n) is 4.66. The summed E-state index contributed by atoms with van der Waals surface area (Å²) < 4.78 is -0.314. The molecule has 3 N–H and O–H groups in total. The molecule has 0 spiro atoms. The van der Waals surface area contributed by atoms with Crippen LogP contribution in [0.2, 0.25) is 0 Å². The monoisotopic (exact) mass is 385 g/mol. The van der Waals surface area contributed by atoms with Crippen molar-refractivity contribution in [3.8, 4) is 0 Å². The Morgan fingerprint density at radius 1 is 1.36 bits per heavy atom. The van der Waals surface area contributed by atoms with Crippen molar-refractivity contribution < 1.29 is 9.59 Å². The molecule has 1 aromatic rings. The van der Waals surface area contributed by atoms with Crippen LogP contribution in [0.3, 0.4) is 0 Å². The molecule has 1 aliphatic heterocycles. The van der Waals surface area contributed by atoms with Crippen LogP contribution in [0.4, 0.5) is 0 Å². The molecule has 2 amide bonds. The number of hydrogen-bond acceptors (Lipinski definition) is 4. The molecule has 1 fully saturated rings. The van der Waals surface area contributed by atoms with E-state index in [1.165, 1.54) is 0 Å². The highest BCUT2D eigenvalue weighted by Crippen LogP contribution is 2.24. The average molecular weight is 386 g/mol. The van der Waals surface area contributed by atoms with Crippen molar-refractivity contribution in [2.45, 2.75) is 50.6 Å². The van der Waals surface area contributed by atoms with Crippen molar-refractivity contribution in [2.24, 2.45) is 5.73 Å². The first-order chi connectivity index (χ1) is 11.3. The van der Waals surface area contributed by atoms with Crippen LogP contribution in [-0.2, 0) is 22.7 Å². The number of halogens is 1. The predicted molar refractivity (Wildman–Crippen MR) is 106 cm³/mol. The minimum Gasteiger partial charge on any atom is -0.351 e. The highest BCUT2D eigenvalue weighted by Gasteiger charge is 2.31. The SMILES string of the molecule is CSC(C)(C)[C@H](N)C(=O)NCc1ccccc1CN1CCCC1=O.Cl. The Labute approximate surface area is 160 Å². The Morgan fingerprint density at radius 2 is 2.00 bits per heavy atom. The van der Waals surface area contributed by atoms with Gasteiger partial charge in [0, 0.05) is 30.8 Å². The van der Waals surface area contributed by atoms with Crippen molar-refractivity contribution in [1.29, 1.82) is 0 Å². The van der Waals surface area contributed by atoms with E-state index < -0.39 is 6.04 Å². The summed E-state index contributed by atoms with van der Waals surface area (Å²) in [5.41, 5.74) is 8.17. The molecule has 25 heavy (non-hydrogen) atoms. The lowest BCUT2D eigenvalue weighted by atomic mass is 10.0. The quantitative estimate of drug-likeness (QED) is 0.755. The summed E-state index contributed by atoms with van der Waals surface area (Å²) in [6, 6.07) is 7.34. The molecule has 5 nitrogen and oxygen atoms in total. The minimum atomic E-state index is -0.570. The number of carbonyl (C=O) groups excluding carboxylic acids is 2. The zero-order valence-corrected chi connectivity index (χ0v) is 16.7. The number of rotatable bonds is 7. The molecule has 1 aliphatic rings. The Hall–Kier alpha value is -1.24. The van der Waals surface area contributed by atoms with E-state index in [0.717, 1.165) is 24.1 Å². The van der Waals surface area contributed by atoms with Crippen LogP contribution in [0.5, 0.6) is 0 Å². The summed E-state index contributed by atoms with van der Waals surface area (Å²) in [7, 11) is 0. The van der Waals surface area contributed by atoms with Gasteiger partial charge in [-0.3, -0.25) is 9.59 Å². The number of nitrogens with zero attached hydrogens (tertiary/aromatic N) is 1. The van der Waals surface area contributed by atoms with Crippen LogP contribution in [0.25, 0.3) is 0 Å². The van der Waals surface area contributed by atoms with Crippen LogP contribution in [0.1, 0.15) is 37.8 Å². The van der Waals surface area contributed by atoms with E-state index >= 15 is 0 Å². The first-order valence-electron chi connectivity index (χ1n) is 8.28. The van der Waals surface area contributed by atoms with Crippen LogP contribution in [0.15, 0.2) is 24.3 Å². The van der Waals surface area contributed by atoms with Gasteiger partial charge in [-0.25, -0.2) is 0 Å². The van der Waals surface area contributed by atoms with Crippen molar-refractivity contribution >= 4 is 36.0 Å². The number of thioether (sulfide) groups is 1. The maximum atomic E-state index is 12.3. The smallest absolute Gasteiger partial charge is 0.238 e. The first kappa shape index (κ1) is 21.8. The Balaban J connectivity index is 0.00000312. The lowest BCUT2D eigenvalue weighted by molar-refractivity contribution is -0.128. The molecule has 1 saturated heterocycles. The van der Waals surface area contributed by atoms with Gasteiger partial charge in [0.2, 0.25) is 11.8 Å². The maximum Gasteiger partial charge on any atom is 0.238 e. The van der Waals surface area contributed by atoms with E-state index in [4.69, 9.17) is 5.73 Å². The fourth-order valence-electron chi connectivity index (χ4n) is 2.70. The van der Waals surface area contributed by atoms with Crippen LogP contribution in [0, 0.1) is 0 Å². The zero-order valence-electron chi connectivity index (χ0n) is 15.1. The molecular formula is C18H28ClN3O2S. The average Bonchev–Trinajstić information content (AvgIpc) is 2.98. The van der Waals surface area contributed by atoms with Gasteiger partial charge in [0.05, 0.1) is 6.04 Å². The van der Waals surface area contributed by atoms with Gasteiger partial charge in [0.25, 0.3) is 0 Å². The molecular weight excluding hydrogens is 358 g/mol. The molecule has 2 rings (SSSR count). The van der Waals surface area contributed by atoms with Gasteiger partial charge in [-0.2, -0.15) is 11.8 Å². The van der Waals surface area contributed by atoms with Crippen molar-refractivity contribution in [3.63, 3.8) is 0 Å². The van der Waals surface area contributed by atoms with Gasteiger partial charge < -0.3 is 16.0 Å². The number of carbonyl (C=O) groups is 2. The highest BCUT2D eigenvalue weighted by atomic mass is 35.5. The number of nitrogens with one attached hydrogen (secondary N) is 1.